The first-order chi connectivity index (χ1) is 7.67. The Labute approximate surface area is 108 Å². The van der Waals surface area contributed by atoms with Crippen LogP contribution in [0.1, 0.15) is 53.4 Å². The molecule has 1 unspecified atom stereocenters. The van der Waals surface area contributed by atoms with Gasteiger partial charge in [-0.1, -0.05) is 40.5 Å². The highest BCUT2D eigenvalue weighted by Gasteiger charge is 2.11. The van der Waals surface area contributed by atoms with Crippen LogP contribution in [0.3, 0.4) is 0 Å². The number of halogens is 1. The largest absolute Gasteiger partial charge is 0.303 e. The topological polar surface area (TPSA) is 3.24 Å². The molecule has 0 N–H and O–H groups in total. The highest BCUT2D eigenvalue weighted by Crippen LogP contribution is 2.13. The highest BCUT2D eigenvalue weighted by molar-refractivity contribution is 6.17. The lowest BCUT2D eigenvalue weighted by Gasteiger charge is -2.26. The molecule has 0 rings (SSSR count). The normalized spacial score (nSPS) is 13.7. The first-order valence-corrected chi connectivity index (χ1v) is 7.49. The number of nitrogens with zero attached hydrogens (tertiary/aromatic N) is 1. The second kappa shape index (κ2) is 10.4. The summed E-state index contributed by atoms with van der Waals surface area (Å²) in [6.45, 7) is 12.9. The van der Waals surface area contributed by atoms with Crippen LogP contribution < -0.4 is 0 Å². The van der Waals surface area contributed by atoms with Gasteiger partial charge in [0.25, 0.3) is 0 Å². The first-order valence-electron chi connectivity index (χ1n) is 6.96. The molecule has 0 spiro atoms. The van der Waals surface area contributed by atoms with Gasteiger partial charge in [-0.15, -0.1) is 11.6 Å². The van der Waals surface area contributed by atoms with Crippen LogP contribution in [-0.2, 0) is 0 Å². The summed E-state index contributed by atoms with van der Waals surface area (Å²) in [6.07, 6.45) is 5.07. The average Bonchev–Trinajstić information content (AvgIpc) is 2.30. The third-order valence-corrected chi connectivity index (χ3v) is 3.88. The lowest BCUT2D eigenvalue weighted by molar-refractivity contribution is 0.219. The van der Waals surface area contributed by atoms with Gasteiger partial charge in [-0.05, 0) is 37.8 Å². The van der Waals surface area contributed by atoms with Crippen molar-refractivity contribution in [1.82, 2.24) is 4.90 Å². The van der Waals surface area contributed by atoms with Crippen LogP contribution in [0.4, 0.5) is 0 Å². The molecule has 0 saturated heterocycles. The minimum Gasteiger partial charge on any atom is -0.303 e. The molecule has 0 saturated carbocycles. The van der Waals surface area contributed by atoms with Crippen molar-refractivity contribution in [1.29, 1.82) is 0 Å². The summed E-state index contributed by atoms with van der Waals surface area (Å²) < 4.78 is 0. The van der Waals surface area contributed by atoms with Crippen LogP contribution in [0.25, 0.3) is 0 Å². The Balaban J connectivity index is 3.81. The van der Waals surface area contributed by atoms with Gasteiger partial charge in [-0.2, -0.15) is 0 Å². The Kier molecular flexibility index (Phi) is 10.6. The minimum absolute atomic E-state index is 0.772. The van der Waals surface area contributed by atoms with E-state index in [0.717, 1.165) is 24.1 Å². The second-order valence-electron chi connectivity index (χ2n) is 4.95. The summed E-state index contributed by atoms with van der Waals surface area (Å²) in [7, 11) is 0. The molecule has 0 fully saturated rings. The highest BCUT2D eigenvalue weighted by atomic mass is 35.5. The summed E-state index contributed by atoms with van der Waals surface area (Å²) in [5.74, 6) is 2.45. The molecule has 98 valence electrons. The van der Waals surface area contributed by atoms with Crippen LogP contribution in [0, 0.1) is 11.8 Å². The molecule has 0 aromatic carbocycles. The Hall–Kier alpha value is 0.250. The van der Waals surface area contributed by atoms with E-state index < -0.39 is 0 Å². The van der Waals surface area contributed by atoms with Gasteiger partial charge in [0.1, 0.15) is 0 Å². The molecule has 1 nitrogen and oxygen atoms in total. The quantitative estimate of drug-likeness (QED) is 0.518. The van der Waals surface area contributed by atoms with Crippen molar-refractivity contribution in [3.05, 3.63) is 0 Å². The summed E-state index contributed by atoms with van der Waals surface area (Å²) in [5, 5.41) is 0. The second-order valence-corrected chi connectivity index (χ2v) is 5.33. The lowest BCUT2D eigenvalue weighted by atomic mass is 10.0. The van der Waals surface area contributed by atoms with E-state index in [1.54, 1.807) is 0 Å². The van der Waals surface area contributed by atoms with E-state index in [1.807, 2.05) is 0 Å². The molecule has 0 bridgehead atoms. The minimum atomic E-state index is 0.772. The van der Waals surface area contributed by atoms with E-state index in [-0.39, 0.29) is 0 Å². The summed E-state index contributed by atoms with van der Waals surface area (Å²) in [6, 6.07) is 0. The van der Waals surface area contributed by atoms with Gasteiger partial charge in [0, 0.05) is 12.4 Å². The maximum Gasteiger partial charge on any atom is 0.0225 e. The molecule has 2 heteroatoms. The molecule has 0 amide bonds. The molecular weight excluding hydrogens is 218 g/mol. The third kappa shape index (κ3) is 7.51. The molecule has 0 aliphatic heterocycles. The summed E-state index contributed by atoms with van der Waals surface area (Å²) in [4.78, 5) is 2.60. The molecule has 16 heavy (non-hydrogen) atoms. The Morgan fingerprint density at radius 1 is 1.06 bits per heavy atom. The van der Waals surface area contributed by atoms with E-state index in [4.69, 9.17) is 11.6 Å². The van der Waals surface area contributed by atoms with Gasteiger partial charge < -0.3 is 4.90 Å². The molecule has 0 aliphatic carbocycles. The fourth-order valence-electron chi connectivity index (χ4n) is 2.02. The van der Waals surface area contributed by atoms with Gasteiger partial charge in [0.15, 0.2) is 0 Å². The smallest absolute Gasteiger partial charge is 0.0225 e. The van der Waals surface area contributed by atoms with E-state index in [0.29, 0.717) is 0 Å². The van der Waals surface area contributed by atoms with Crippen molar-refractivity contribution in [2.45, 2.75) is 53.4 Å². The predicted molar refractivity (Wildman–Crippen MR) is 75.3 cm³/mol. The molecular formula is C14H30ClN. The van der Waals surface area contributed by atoms with E-state index in [1.165, 1.54) is 38.9 Å². The number of hydrogen-bond acceptors (Lipinski definition) is 1. The van der Waals surface area contributed by atoms with Crippen molar-refractivity contribution in [2.24, 2.45) is 11.8 Å². The van der Waals surface area contributed by atoms with Crippen LogP contribution >= 0.6 is 11.6 Å². The monoisotopic (exact) mass is 247 g/mol. The zero-order valence-corrected chi connectivity index (χ0v) is 12.4. The zero-order chi connectivity index (χ0) is 12.4. The van der Waals surface area contributed by atoms with Crippen molar-refractivity contribution in [3.63, 3.8) is 0 Å². The third-order valence-electron chi connectivity index (χ3n) is 3.66. The van der Waals surface area contributed by atoms with Gasteiger partial charge in [-0.3, -0.25) is 0 Å². The summed E-state index contributed by atoms with van der Waals surface area (Å²) in [5.41, 5.74) is 0. The van der Waals surface area contributed by atoms with Crippen LogP contribution in [0.15, 0.2) is 0 Å². The zero-order valence-electron chi connectivity index (χ0n) is 11.6. The van der Waals surface area contributed by atoms with Gasteiger partial charge in [0.05, 0.1) is 0 Å². The van der Waals surface area contributed by atoms with Crippen molar-refractivity contribution >= 4 is 11.6 Å². The van der Waals surface area contributed by atoms with Gasteiger partial charge >= 0.3 is 0 Å². The Bertz CT molecular complexity index is 146. The number of alkyl halides is 1. The standard InChI is InChI=1S/C14H30ClN/c1-5-14(6-2)12-16(7-3)11-9-13(4)8-10-15/h13-14H,5-12H2,1-4H3. The van der Waals surface area contributed by atoms with Crippen molar-refractivity contribution in [3.8, 4) is 0 Å². The van der Waals surface area contributed by atoms with E-state index >= 15 is 0 Å². The molecule has 0 aromatic rings. The van der Waals surface area contributed by atoms with E-state index in [2.05, 4.69) is 32.6 Å². The Morgan fingerprint density at radius 2 is 1.69 bits per heavy atom. The molecule has 0 aromatic heterocycles. The van der Waals surface area contributed by atoms with Crippen LogP contribution in [0.2, 0.25) is 0 Å². The van der Waals surface area contributed by atoms with Crippen LogP contribution in [-0.4, -0.2) is 30.4 Å². The van der Waals surface area contributed by atoms with Crippen molar-refractivity contribution in [2.75, 3.05) is 25.5 Å². The average molecular weight is 248 g/mol. The maximum atomic E-state index is 5.76. The fraction of sp³-hybridized carbons (Fsp3) is 1.00. The maximum absolute atomic E-state index is 5.76. The molecule has 1 atom stereocenters. The van der Waals surface area contributed by atoms with Crippen molar-refractivity contribution < 1.29 is 0 Å². The molecule has 0 heterocycles. The van der Waals surface area contributed by atoms with Gasteiger partial charge in [-0.25, -0.2) is 0 Å². The Morgan fingerprint density at radius 3 is 2.12 bits per heavy atom. The molecule has 0 aliphatic rings. The predicted octanol–water partition coefficient (Wildman–Crippen LogP) is 4.40. The fourth-order valence-corrected chi connectivity index (χ4v) is 2.40. The summed E-state index contributed by atoms with van der Waals surface area (Å²) >= 11 is 5.76. The first kappa shape index (κ1) is 16.2. The lowest BCUT2D eigenvalue weighted by Crippen LogP contribution is -2.31. The van der Waals surface area contributed by atoms with E-state index in [9.17, 15) is 0 Å². The number of rotatable bonds is 10. The van der Waals surface area contributed by atoms with Gasteiger partial charge in [0.2, 0.25) is 0 Å². The SMILES string of the molecule is CCC(CC)CN(CC)CCC(C)CCCl. The van der Waals surface area contributed by atoms with Crippen LogP contribution in [0.5, 0.6) is 0 Å². The molecule has 0 radical (unpaired) electrons. The number of hydrogen-bond donors (Lipinski definition) is 0.